The average Bonchev–Trinajstić information content (AvgIpc) is 3.32. The van der Waals surface area contributed by atoms with Crippen LogP contribution in [0.15, 0.2) is 59.4 Å². The van der Waals surface area contributed by atoms with E-state index in [1.165, 1.54) is 11.3 Å². The van der Waals surface area contributed by atoms with E-state index < -0.39 is 0 Å². The lowest BCUT2D eigenvalue weighted by molar-refractivity contribution is 0.0690. The Bertz CT molecular complexity index is 1390. The molecule has 33 heavy (non-hydrogen) atoms. The van der Waals surface area contributed by atoms with Crippen LogP contribution in [0.4, 0.5) is 0 Å². The summed E-state index contributed by atoms with van der Waals surface area (Å²) in [5.74, 6) is 1.81. The molecule has 0 atom stereocenters. The lowest BCUT2D eigenvalue weighted by atomic mass is 10.1. The van der Waals surface area contributed by atoms with Crippen LogP contribution in [0.25, 0.3) is 21.3 Å². The highest BCUT2D eigenvalue weighted by Crippen LogP contribution is 2.37. The molecule has 3 heterocycles. The van der Waals surface area contributed by atoms with Gasteiger partial charge in [0, 0.05) is 10.9 Å². The van der Waals surface area contributed by atoms with Crippen molar-refractivity contribution < 1.29 is 14.3 Å². The van der Waals surface area contributed by atoms with Gasteiger partial charge in [-0.1, -0.05) is 12.1 Å². The van der Waals surface area contributed by atoms with E-state index in [0.717, 1.165) is 21.9 Å². The molecular weight excluding hydrogens is 438 g/mol. The van der Waals surface area contributed by atoms with E-state index in [1.807, 2.05) is 50.2 Å². The number of para-hydroxylation sites is 1. The number of ether oxygens (including phenoxy) is 2. The quantitative estimate of drug-likeness (QED) is 0.474. The van der Waals surface area contributed by atoms with Gasteiger partial charge in [-0.3, -0.25) is 9.59 Å². The number of aromatic amines is 1. The first-order valence-electron chi connectivity index (χ1n) is 10.8. The van der Waals surface area contributed by atoms with Crippen LogP contribution in [-0.2, 0) is 6.54 Å². The number of rotatable bonds is 5. The van der Waals surface area contributed by atoms with Crippen molar-refractivity contribution in [3.63, 3.8) is 0 Å². The van der Waals surface area contributed by atoms with Crippen LogP contribution in [0.1, 0.15) is 29.3 Å². The summed E-state index contributed by atoms with van der Waals surface area (Å²) in [6.07, 6.45) is 0. The molecule has 2 aromatic carbocycles. The fourth-order valence-corrected chi connectivity index (χ4v) is 4.76. The van der Waals surface area contributed by atoms with Gasteiger partial charge >= 0.3 is 0 Å². The fourth-order valence-electron chi connectivity index (χ4n) is 3.81. The van der Waals surface area contributed by atoms with Crippen LogP contribution in [0.5, 0.6) is 11.5 Å². The van der Waals surface area contributed by atoms with Crippen LogP contribution >= 0.6 is 11.3 Å². The number of nitrogens with zero attached hydrogens (tertiary/aromatic N) is 2. The highest BCUT2D eigenvalue weighted by molar-refractivity contribution is 7.17. The number of carbonyl (C=O) groups is 1. The first-order valence-corrected chi connectivity index (χ1v) is 11.6. The third kappa shape index (κ3) is 4.21. The summed E-state index contributed by atoms with van der Waals surface area (Å²) in [6.45, 7) is 5.19. The normalized spacial score (nSPS) is 12.8. The molecule has 1 N–H and O–H groups in total. The van der Waals surface area contributed by atoms with Crippen molar-refractivity contribution in [3.8, 4) is 21.9 Å². The van der Waals surface area contributed by atoms with Gasteiger partial charge in [-0.05, 0) is 61.9 Å². The molecule has 4 aromatic rings. The van der Waals surface area contributed by atoms with Crippen LogP contribution in [0.3, 0.4) is 0 Å². The first-order chi connectivity index (χ1) is 16.0. The van der Waals surface area contributed by atoms with Gasteiger partial charge in [0.05, 0.1) is 22.3 Å². The van der Waals surface area contributed by atoms with Gasteiger partial charge in [0.2, 0.25) is 0 Å². The van der Waals surface area contributed by atoms with Crippen molar-refractivity contribution in [2.24, 2.45) is 0 Å². The number of hydrogen-bond acceptors (Lipinski definition) is 6. The molecule has 1 aliphatic heterocycles. The number of hydrogen-bond donors (Lipinski definition) is 1. The number of benzene rings is 2. The monoisotopic (exact) mass is 461 g/mol. The highest BCUT2D eigenvalue weighted by Gasteiger charge is 2.23. The predicted molar refractivity (Wildman–Crippen MR) is 128 cm³/mol. The van der Waals surface area contributed by atoms with E-state index in [1.54, 1.807) is 23.1 Å². The van der Waals surface area contributed by atoms with Crippen molar-refractivity contribution in [2.75, 3.05) is 13.2 Å². The number of amides is 1. The molecule has 0 saturated heterocycles. The van der Waals surface area contributed by atoms with E-state index in [-0.39, 0.29) is 24.1 Å². The number of fused-ring (bicyclic) bond motifs is 2. The van der Waals surface area contributed by atoms with Crippen LogP contribution in [0, 0.1) is 0 Å². The summed E-state index contributed by atoms with van der Waals surface area (Å²) in [4.78, 5) is 36.5. The van der Waals surface area contributed by atoms with Crippen molar-refractivity contribution >= 4 is 28.1 Å². The molecule has 0 saturated carbocycles. The molecule has 1 aliphatic rings. The number of thiophene rings is 1. The molecule has 8 heteroatoms. The van der Waals surface area contributed by atoms with E-state index in [0.29, 0.717) is 34.8 Å². The Balaban J connectivity index is 1.41. The molecule has 0 bridgehead atoms. The largest absolute Gasteiger partial charge is 0.486 e. The fraction of sp³-hybridized carbons (Fsp3) is 0.240. The SMILES string of the molecule is CC(C)N(Cc1nc2ccccc2c(=O)[nH]1)C(=O)c1ccc(-c2ccc3c(c2)OCCO3)s1. The molecule has 0 fully saturated rings. The zero-order valence-electron chi connectivity index (χ0n) is 18.3. The molecule has 0 unspecified atom stereocenters. The van der Waals surface area contributed by atoms with Gasteiger partial charge in [0.1, 0.15) is 19.0 Å². The zero-order valence-corrected chi connectivity index (χ0v) is 19.1. The van der Waals surface area contributed by atoms with Gasteiger partial charge in [0.25, 0.3) is 11.5 Å². The summed E-state index contributed by atoms with van der Waals surface area (Å²) in [5.41, 5.74) is 1.38. The van der Waals surface area contributed by atoms with Crippen molar-refractivity contribution in [1.29, 1.82) is 0 Å². The molecular formula is C25H23N3O4S. The van der Waals surface area contributed by atoms with E-state index >= 15 is 0 Å². The number of H-pyrrole nitrogens is 1. The van der Waals surface area contributed by atoms with Crippen LogP contribution in [-0.4, -0.2) is 40.0 Å². The summed E-state index contributed by atoms with van der Waals surface area (Å²) >= 11 is 1.43. The van der Waals surface area contributed by atoms with Gasteiger partial charge in [0.15, 0.2) is 11.5 Å². The summed E-state index contributed by atoms with van der Waals surface area (Å²) in [7, 11) is 0. The van der Waals surface area contributed by atoms with E-state index in [4.69, 9.17) is 9.47 Å². The molecule has 0 radical (unpaired) electrons. The summed E-state index contributed by atoms with van der Waals surface area (Å²) < 4.78 is 11.3. The second kappa shape index (κ2) is 8.71. The minimum Gasteiger partial charge on any atom is -0.486 e. The second-order valence-electron chi connectivity index (χ2n) is 8.08. The molecule has 0 aliphatic carbocycles. The third-order valence-corrected chi connectivity index (χ3v) is 6.63. The lowest BCUT2D eigenvalue weighted by Crippen LogP contribution is -2.37. The molecule has 7 nitrogen and oxygen atoms in total. The summed E-state index contributed by atoms with van der Waals surface area (Å²) in [6, 6.07) is 16.7. The molecule has 1 amide bonds. The predicted octanol–water partition coefficient (Wildman–Crippen LogP) is 4.47. The van der Waals surface area contributed by atoms with Crippen LogP contribution < -0.4 is 15.0 Å². The van der Waals surface area contributed by atoms with E-state index in [9.17, 15) is 9.59 Å². The Labute approximate surface area is 194 Å². The Morgan fingerprint density at radius 3 is 2.70 bits per heavy atom. The van der Waals surface area contributed by atoms with Crippen molar-refractivity contribution in [3.05, 3.63) is 75.7 Å². The minimum atomic E-state index is -0.205. The highest BCUT2D eigenvalue weighted by atomic mass is 32.1. The number of nitrogens with one attached hydrogen (secondary N) is 1. The molecule has 0 spiro atoms. The van der Waals surface area contributed by atoms with Gasteiger partial charge in [-0.2, -0.15) is 0 Å². The minimum absolute atomic E-state index is 0.0749. The molecule has 2 aromatic heterocycles. The van der Waals surface area contributed by atoms with Gasteiger partial charge in [-0.25, -0.2) is 4.98 Å². The third-order valence-electron chi connectivity index (χ3n) is 5.51. The lowest BCUT2D eigenvalue weighted by Gasteiger charge is -2.25. The van der Waals surface area contributed by atoms with Gasteiger partial charge < -0.3 is 19.4 Å². The van der Waals surface area contributed by atoms with E-state index in [2.05, 4.69) is 9.97 Å². The first kappa shape index (κ1) is 21.2. The maximum absolute atomic E-state index is 13.4. The Hall–Kier alpha value is -3.65. The summed E-state index contributed by atoms with van der Waals surface area (Å²) in [5, 5.41) is 0.533. The number of aromatic nitrogens is 2. The Kier molecular flexibility index (Phi) is 5.60. The van der Waals surface area contributed by atoms with Crippen molar-refractivity contribution in [1.82, 2.24) is 14.9 Å². The maximum atomic E-state index is 13.4. The Morgan fingerprint density at radius 1 is 1.09 bits per heavy atom. The van der Waals surface area contributed by atoms with Crippen LogP contribution in [0.2, 0.25) is 0 Å². The maximum Gasteiger partial charge on any atom is 0.264 e. The standard InChI is InChI=1S/C25H23N3O4S/c1-15(2)28(14-23-26-18-6-4-3-5-17(18)24(29)27-23)25(30)22-10-9-21(33-22)16-7-8-19-20(13-16)32-12-11-31-19/h3-10,13,15H,11-12,14H2,1-2H3,(H,26,27,29). The average molecular weight is 462 g/mol. The topological polar surface area (TPSA) is 84.5 Å². The Morgan fingerprint density at radius 2 is 1.88 bits per heavy atom. The smallest absolute Gasteiger partial charge is 0.264 e. The zero-order chi connectivity index (χ0) is 22.9. The second-order valence-corrected chi connectivity index (χ2v) is 9.16. The number of carbonyl (C=O) groups excluding carboxylic acids is 1. The molecule has 168 valence electrons. The van der Waals surface area contributed by atoms with Crippen molar-refractivity contribution in [2.45, 2.75) is 26.4 Å². The van der Waals surface area contributed by atoms with Gasteiger partial charge in [-0.15, -0.1) is 11.3 Å². The molecule has 5 rings (SSSR count).